The van der Waals surface area contributed by atoms with Gasteiger partial charge in [0.2, 0.25) is 0 Å². The zero-order valence-electron chi connectivity index (χ0n) is 16.4. The second kappa shape index (κ2) is 10.4. The predicted octanol–water partition coefficient (Wildman–Crippen LogP) is 1.95. The largest absolute Gasteiger partial charge is 0.487 e. The van der Waals surface area contributed by atoms with Gasteiger partial charge in [0, 0.05) is 19.2 Å². The fourth-order valence-corrected chi connectivity index (χ4v) is 2.99. The van der Waals surface area contributed by atoms with Crippen LogP contribution < -0.4 is 4.74 Å². The summed E-state index contributed by atoms with van der Waals surface area (Å²) in [6.07, 6.45) is 0.979. The predicted molar refractivity (Wildman–Crippen MR) is 100 cm³/mol. The van der Waals surface area contributed by atoms with Gasteiger partial charge in [-0.1, -0.05) is 0 Å². The monoisotopic (exact) mass is 408 g/mol. The van der Waals surface area contributed by atoms with Crippen LogP contribution in [0.2, 0.25) is 0 Å². The molecule has 0 spiro atoms. The van der Waals surface area contributed by atoms with Gasteiger partial charge in [-0.05, 0) is 38.8 Å². The number of carbonyl (C=O) groups is 3. The van der Waals surface area contributed by atoms with Gasteiger partial charge in [0.1, 0.15) is 0 Å². The first kappa shape index (κ1) is 22.1. The maximum absolute atomic E-state index is 12.3. The van der Waals surface area contributed by atoms with E-state index in [9.17, 15) is 24.5 Å². The van der Waals surface area contributed by atoms with Crippen LogP contribution in [0.25, 0.3) is 0 Å². The van der Waals surface area contributed by atoms with Crippen LogP contribution in [-0.2, 0) is 19.1 Å². The Hall–Kier alpha value is -3.17. The number of nitrogens with zero attached hydrogens (tertiary/aromatic N) is 2. The first-order chi connectivity index (χ1) is 13.9. The standard InChI is InChI=1S/C19H24N2O8/c1-3-27-16-6-5-14(11-15(16)21(25)26)19(24)29-12-17(22)20-9-7-13(8-10-20)18(23)28-4-2/h5-6,11,13H,3-4,7-10,12H2,1-2H3. The molecule has 2 rings (SSSR count). The molecule has 10 heteroatoms. The summed E-state index contributed by atoms with van der Waals surface area (Å²) < 4.78 is 15.2. The van der Waals surface area contributed by atoms with Crippen LogP contribution in [0.1, 0.15) is 37.0 Å². The highest BCUT2D eigenvalue weighted by atomic mass is 16.6. The van der Waals surface area contributed by atoms with Gasteiger partial charge in [-0.3, -0.25) is 19.7 Å². The Kier molecular flexibility index (Phi) is 7.93. The molecule has 1 heterocycles. The molecule has 0 atom stereocenters. The lowest BCUT2D eigenvalue weighted by Crippen LogP contribution is -2.42. The van der Waals surface area contributed by atoms with Crippen molar-refractivity contribution >= 4 is 23.5 Å². The summed E-state index contributed by atoms with van der Waals surface area (Å²) in [6, 6.07) is 3.72. The first-order valence-electron chi connectivity index (χ1n) is 9.40. The van der Waals surface area contributed by atoms with E-state index >= 15 is 0 Å². The molecule has 0 unspecified atom stereocenters. The number of benzene rings is 1. The zero-order valence-corrected chi connectivity index (χ0v) is 16.4. The molecule has 1 aliphatic rings. The maximum atomic E-state index is 12.3. The highest BCUT2D eigenvalue weighted by Gasteiger charge is 2.28. The first-order valence-corrected chi connectivity index (χ1v) is 9.40. The van der Waals surface area contributed by atoms with Gasteiger partial charge in [0.25, 0.3) is 5.91 Å². The fourth-order valence-electron chi connectivity index (χ4n) is 2.99. The van der Waals surface area contributed by atoms with E-state index in [1.54, 1.807) is 13.8 Å². The number of ether oxygens (including phenoxy) is 3. The molecule has 29 heavy (non-hydrogen) atoms. The molecule has 158 valence electrons. The summed E-state index contributed by atoms with van der Waals surface area (Å²) >= 11 is 0. The third-order valence-corrected chi connectivity index (χ3v) is 4.49. The van der Waals surface area contributed by atoms with Crippen LogP contribution >= 0.6 is 0 Å². The molecular weight excluding hydrogens is 384 g/mol. The van der Waals surface area contributed by atoms with Crippen LogP contribution in [-0.4, -0.2) is 60.6 Å². The smallest absolute Gasteiger partial charge is 0.338 e. The molecule has 0 N–H and O–H groups in total. The Morgan fingerprint density at radius 1 is 1.14 bits per heavy atom. The van der Waals surface area contributed by atoms with Crippen molar-refractivity contribution in [3.05, 3.63) is 33.9 Å². The molecule has 0 bridgehead atoms. The van der Waals surface area contributed by atoms with Gasteiger partial charge in [0.15, 0.2) is 12.4 Å². The number of hydrogen-bond acceptors (Lipinski definition) is 8. The van der Waals surface area contributed by atoms with Crippen molar-refractivity contribution in [2.75, 3.05) is 32.9 Å². The lowest BCUT2D eigenvalue weighted by molar-refractivity contribution is -0.385. The second-order valence-electron chi connectivity index (χ2n) is 6.36. The minimum absolute atomic E-state index is 0.0472. The highest BCUT2D eigenvalue weighted by molar-refractivity contribution is 5.92. The lowest BCUT2D eigenvalue weighted by atomic mass is 9.97. The molecule has 0 saturated carbocycles. The van der Waals surface area contributed by atoms with E-state index in [1.165, 1.54) is 17.0 Å². The van der Waals surface area contributed by atoms with Crippen molar-refractivity contribution in [3.63, 3.8) is 0 Å². The van der Waals surface area contributed by atoms with Gasteiger partial charge in [-0.15, -0.1) is 0 Å². The quantitative estimate of drug-likeness (QED) is 0.363. The van der Waals surface area contributed by atoms with Crippen molar-refractivity contribution in [1.82, 2.24) is 4.90 Å². The second-order valence-corrected chi connectivity index (χ2v) is 6.36. The third-order valence-electron chi connectivity index (χ3n) is 4.49. The van der Waals surface area contributed by atoms with Crippen molar-refractivity contribution in [2.24, 2.45) is 5.92 Å². The minimum Gasteiger partial charge on any atom is -0.487 e. The number of likely N-dealkylation sites (tertiary alicyclic amines) is 1. The number of amides is 1. The number of rotatable bonds is 8. The molecule has 1 aromatic rings. The Morgan fingerprint density at radius 2 is 1.83 bits per heavy atom. The normalized spacial score (nSPS) is 14.2. The molecule has 1 amide bonds. The Labute approximate surface area is 167 Å². The van der Waals surface area contributed by atoms with Crippen LogP contribution in [0.3, 0.4) is 0 Å². The van der Waals surface area contributed by atoms with Gasteiger partial charge in [0.05, 0.1) is 29.6 Å². The summed E-state index contributed by atoms with van der Waals surface area (Å²) in [7, 11) is 0. The number of carbonyl (C=O) groups excluding carboxylic acids is 3. The summed E-state index contributed by atoms with van der Waals surface area (Å²) in [4.78, 5) is 48.2. The third kappa shape index (κ3) is 5.90. The van der Waals surface area contributed by atoms with E-state index in [0.717, 1.165) is 6.07 Å². The maximum Gasteiger partial charge on any atom is 0.338 e. The van der Waals surface area contributed by atoms with Crippen LogP contribution in [0.15, 0.2) is 18.2 Å². The lowest BCUT2D eigenvalue weighted by Gasteiger charge is -2.30. The topological polar surface area (TPSA) is 125 Å². The summed E-state index contributed by atoms with van der Waals surface area (Å²) in [6.45, 7) is 4.24. The number of nitro groups is 1. The van der Waals surface area contributed by atoms with Crippen molar-refractivity contribution in [3.8, 4) is 5.75 Å². The van der Waals surface area contributed by atoms with E-state index in [1.807, 2.05) is 0 Å². The SMILES string of the molecule is CCOC(=O)C1CCN(C(=O)COC(=O)c2ccc(OCC)c([N+](=O)[O-])c2)CC1. The Bertz CT molecular complexity index is 771. The van der Waals surface area contributed by atoms with Crippen LogP contribution in [0, 0.1) is 16.0 Å². The van der Waals surface area contributed by atoms with Gasteiger partial charge in [-0.25, -0.2) is 4.79 Å². The molecule has 0 aliphatic carbocycles. The van der Waals surface area contributed by atoms with E-state index in [0.29, 0.717) is 32.5 Å². The molecule has 1 aromatic carbocycles. The highest BCUT2D eigenvalue weighted by Crippen LogP contribution is 2.28. The van der Waals surface area contributed by atoms with Gasteiger partial charge < -0.3 is 19.1 Å². The average Bonchev–Trinajstić information content (AvgIpc) is 2.72. The van der Waals surface area contributed by atoms with E-state index < -0.39 is 17.5 Å². The summed E-state index contributed by atoms with van der Waals surface area (Å²) in [5, 5.41) is 11.1. The number of nitro benzene ring substituents is 1. The minimum atomic E-state index is -0.842. The fraction of sp³-hybridized carbons (Fsp3) is 0.526. The van der Waals surface area contributed by atoms with Gasteiger partial charge >= 0.3 is 17.6 Å². The van der Waals surface area contributed by atoms with E-state index in [-0.39, 0.29) is 41.4 Å². The molecular formula is C19H24N2O8. The van der Waals surface area contributed by atoms with Crippen molar-refractivity contribution in [1.29, 1.82) is 0 Å². The number of hydrogen-bond donors (Lipinski definition) is 0. The Balaban J connectivity index is 1.89. The van der Waals surface area contributed by atoms with Crippen LogP contribution in [0.4, 0.5) is 5.69 Å². The Morgan fingerprint density at radius 3 is 2.41 bits per heavy atom. The summed E-state index contributed by atoms with van der Waals surface area (Å²) in [5.41, 5.74) is -0.400. The van der Waals surface area contributed by atoms with E-state index in [4.69, 9.17) is 14.2 Å². The molecule has 1 fully saturated rings. The molecule has 0 aromatic heterocycles. The van der Waals surface area contributed by atoms with Crippen LogP contribution in [0.5, 0.6) is 5.75 Å². The zero-order chi connectivity index (χ0) is 21.4. The van der Waals surface area contributed by atoms with Gasteiger partial charge in [-0.2, -0.15) is 0 Å². The molecule has 1 saturated heterocycles. The summed E-state index contributed by atoms with van der Waals surface area (Å²) in [5.74, 6) is -1.67. The molecule has 0 radical (unpaired) electrons. The van der Waals surface area contributed by atoms with Crippen molar-refractivity contribution in [2.45, 2.75) is 26.7 Å². The average molecular weight is 408 g/mol. The molecule has 1 aliphatic heterocycles. The van der Waals surface area contributed by atoms with E-state index in [2.05, 4.69) is 0 Å². The number of esters is 2. The number of piperidine rings is 1. The molecule has 10 nitrogen and oxygen atoms in total. The van der Waals surface area contributed by atoms with Crippen molar-refractivity contribution < 1.29 is 33.5 Å².